The first-order valence-electron chi connectivity index (χ1n) is 9.97. The molecule has 0 aliphatic carbocycles. The summed E-state index contributed by atoms with van der Waals surface area (Å²) in [4.78, 5) is 21.7. The lowest BCUT2D eigenvalue weighted by Crippen LogP contribution is -2.53. The van der Waals surface area contributed by atoms with Gasteiger partial charge in [-0.1, -0.05) is 24.3 Å². The fourth-order valence-electron chi connectivity index (χ4n) is 4.91. The molecule has 1 aromatic heterocycles. The van der Waals surface area contributed by atoms with Crippen molar-refractivity contribution in [2.24, 2.45) is 5.92 Å². The minimum Gasteiger partial charge on any atom is -0.444 e. The van der Waals surface area contributed by atoms with E-state index < -0.39 is 0 Å². The van der Waals surface area contributed by atoms with Gasteiger partial charge in [-0.3, -0.25) is 14.8 Å². The number of carbonyl (C=O) groups excluding carboxylic acids is 1. The predicted octanol–water partition coefficient (Wildman–Crippen LogP) is 3.26. The zero-order valence-corrected chi connectivity index (χ0v) is 15.5. The summed E-state index contributed by atoms with van der Waals surface area (Å²) in [5.41, 5.74) is 3.59. The number of rotatable bonds is 2. The normalized spacial score (nSPS) is 29.3. The molecule has 2 atom stereocenters. The monoisotopic (exact) mass is 363 g/mol. The second-order valence-corrected chi connectivity index (χ2v) is 7.89. The number of hydrogen-bond acceptors (Lipinski definition) is 4. The Morgan fingerprint density at radius 1 is 1.04 bits per heavy atom. The van der Waals surface area contributed by atoms with E-state index in [1.165, 1.54) is 11.1 Å². The third-order valence-electron chi connectivity index (χ3n) is 6.39. The molecule has 4 aliphatic rings. The van der Waals surface area contributed by atoms with E-state index in [0.29, 0.717) is 12.5 Å². The summed E-state index contributed by atoms with van der Waals surface area (Å²) in [5.74, 6) is 0.524. The van der Waals surface area contributed by atoms with E-state index in [1.54, 1.807) is 12.4 Å². The van der Waals surface area contributed by atoms with Crippen LogP contribution in [0.1, 0.15) is 35.6 Å². The van der Waals surface area contributed by atoms with Gasteiger partial charge in [-0.2, -0.15) is 0 Å². The number of piperidine rings is 3. The standard InChI is InChI=1S/C22H25N3O2/c26-22(27-20-15-24-12-7-17(20)8-13-24)25-14-9-16-3-1-2-4-19(16)21(25)18-5-10-23-11-6-18/h1-6,10-11,17,20-21H,7-9,12-15H2/t20-,21-/m1/s1. The van der Waals surface area contributed by atoms with Crippen LogP contribution in [-0.2, 0) is 11.2 Å². The molecule has 5 nitrogen and oxygen atoms in total. The highest BCUT2D eigenvalue weighted by molar-refractivity contribution is 5.70. The molecule has 27 heavy (non-hydrogen) atoms. The number of benzene rings is 1. The Labute approximate surface area is 159 Å². The van der Waals surface area contributed by atoms with Gasteiger partial charge in [0.25, 0.3) is 0 Å². The Morgan fingerprint density at radius 3 is 2.56 bits per heavy atom. The number of hydrogen-bond donors (Lipinski definition) is 0. The second-order valence-electron chi connectivity index (χ2n) is 7.89. The number of ether oxygens (including phenoxy) is 1. The summed E-state index contributed by atoms with van der Waals surface area (Å²) in [6.45, 7) is 3.87. The summed E-state index contributed by atoms with van der Waals surface area (Å²) in [6.07, 6.45) is 6.61. The van der Waals surface area contributed by atoms with Gasteiger partial charge in [0.05, 0.1) is 6.04 Å². The number of aromatic nitrogens is 1. The summed E-state index contributed by atoms with van der Waals surface area (Å²) in [7, 11) is 0. The largest absolute Gasteiger partial charge is 0.444 e. The van der Waals surface area contributed by atoms with Gasteiger partial charge in [0.15, 0.2) is 0 Å². The first kappa shape index (κ1) is 16.8. The maximum atomic E-state index is 13.2. The van der Waals surface area contributed by atoms with Crippen molar-refractivity contribution in [3.8, 4) is 0 Å². The zero-order chi connectivity index (χ0) is 18.2. The summed E-state index contributed by atoms with van der Waals surface area (Å²) in [6, 6.07) is 12.3. The van der Waals surface area contributed by atoms with E-state index in [-0.39, 0.29) is 18.2 Å². The van der Waals surface area contributed by atoms with Crippen LogP contribution in [0, 0.1) is 5.92 Å². The molecule has 0 saturated carbocycles. The average molecular weight is 363 g/mol. The van der Waals surface area contributed by atoms with Crippen LogP contribution >= 0.6 is 0 Å². The van der Waals surface area contributed by atoms with Gasteiger partial charge in [0, 0.05) is 25.5 Å². The van der Waals surface area contributed by atoms with Crippen molar-refractivity contribution in [2.45, 2.75) is 31.4 Å². The first-order valence-corrected chi connectivity index (χ1v) is 9.97. The topological polar surface area (TPSA) is 45.7 Å². The van der Waals surface area contributed by atoms with Crippen molar-refractivity contribution in [1.29, 1.82) is 0 Å². The average Bonchev–Trinajstić information content (AvgIpc) is 2.74. The van der Waals surface area contributed by atoms with Crippen molar-refractivity contribution in [3.63, 3.8) is 0 Å². The second kappa shape index (κ2) is 6.97. The molecule has 3 fully saturated rings. The molecule has 2 bridgehead atoms. The van der Waals surface area contributed by atoms with E-state index in [0.717, 1.165) is 44.5 Å². The van der Waals surface area contributed by atoms with Crippen molar-refractivity contribution in [2.75, 3.05) is 26.2 Å². The third kappa shape index (κ3) is 3.10. The molecule has 0 unspecified atom stereocenters. The molecule has 1 amide bonds. The Morgan fingerprint density at radius 2 is 1.81 bits per heavy atom. The van der Waals surface area contributed by atoms with Crippen LogP contribution in [-0.4, -0.2) is 53.2 Å². The molecule has 0 radical (unpaired) electrons. The highest BCUT2D eigenvalue weighted by Crippen LogP contribution is 2.36. The number of fused-ring (bicyclic) bond motifs is 4. The molecule has 140 valence electrons. The van der Waals surface area contributed by atoms with Crippen LogP contribution < -0.4 is 0 Å². The van der Waals surface area contributed by atoms with E-state index >= 15 is 0 Å². The summed E-state index contributed by atoms with van der Waals surface area (Å²) in [5, 5.41) is 0. The molecule has 5 heteroatoms. The van der Waals surface area contributed by atoms with Crippen LogP contribution in [0.5, 0.6) is 0 Å². The maximum Gasteiger partial charge on any atom is 0.410 e. The maximum absolute atomic E-state index is 13.2. The van der Waals surface area contributed by atoms with E-state index in [2.05, 4.69) is 34.1 Å². The SMILES string of the molecule is O=C(O[C@@H]1CN2CCC1CC2)N1CCc2ccccc2[C@H]1c1ccncc1. The van der Waals surface area contributed by atoms with Crippen molar-refractivity contribution in [1.82, 2.24) is 14.8 Å². The number of pyridine rings is 1. The molecule has 0 spiro atoms. The highest BCUT2D eigenvalue weighted by atomic mass is 16.6. The van der Waals surface area contributed by atoms with E-state index in [9.17, 15) is 4.79 Å². The smallest absolute Gasteiger partial charge is 0.410 e. The number of amides is 1. The predicted molar refractivity (Wildman–Crippen MR) is 102 cm³/mol. The molecule has 1 aromatic carbocycles. The van der Waals surface area contributed by atoms with Crippen LogP contribution in [0.2, 0.25) is 0 Å². The molecular formula is C22H25N3O2. The van der Waals surface area contributed by atoms with Crippen LogP contribution in [0.3, 0.4) is 0 Å². The van der Waals surface area contributed by atoms with E-state index in [4.69, 9.17) is 4.74 Å². The minimum atomic E-state index is -0.176. The molecule has 6 rings (SSSR count). The lowest BCUT2D eigenvalue weighted by molar-refractivity contribution is -0.0462. The highest BCUT2D eigenvalue weighted by Gasteiger charge is 2.39. The Balaban J connectivity index is 1.43. The summed E-state index contributed by atoms with van der Waals surface area (Å²) < 4.78 is 6.06. The minimum absolute atomic E-state index is 0.0373. The third-order valence-corrected chi connectivity index (χ3v) is 6.39. The van der Waals surface area contributed by atoms with Crippen molar-refractivity contribution >= 4 is 6.09 Å². The zero-order valence-electron chi connectivity index (χ0n) is 15.5. The fourth-order valence-corrected chi connectivity index (χ4v) is 4.91. The lowest BCUT2D eigenvalue weighted by atomic mass is 9.86. The van der Waals surface area contributed by atoms with Gasteiger partial charge in [-0.15, -0.1) is 0 Å². The van der Waals surface area contributed by atoms with Crippen LogP contribution in [0.15, 0.2) is 48.8 Å². The van der Waals surface area contributed by atoms with Crippen LogP contribution in [0.25, 0.3) is 0 Å². The van der Waals surface area contributed by atoms with Gasteiger partial charge in [0.1, 0.15) is 6.10 Å². The Bertz CT molecular complexity index is 817. The van der Waals surface area contributed by atoms with Crippen molar-refractivity contribution in [3.05, 3.63) is 65.5 Å². The quantitative estimate of drug-likeness (QED) is 0.822. The van der Waals surface area contributed by atoms with Gasteiger partial charge in [-0.05, 0) is 67.1 Å². The Kier molecular flexibility index (Phi) is 4.32. The van der Waals surface area contributed by atoms with Crippen LogP contribution in [0.4, 0.5) is 4.79 Å². The first-order chi connectivity index (χ1) is 13.3. The van der Waals surface area contributed by atoms with Gasteiger partial charge < -0.3 is 4.74 Å². The van der Waals surface area contributed by atoms with Gasteiger partial charge in [0.2, 0.25) is 0 Å². The van der Waals surface area contributed by atoms with Gasteiger partial charge >= 0.3 is 6.09 Å². The summed E-state index contributed by atoms with van der Waals surface area (Å²) >= 11 is 0. The van der Waals surface area contributed by atoms with Gasteiger partial charge in [-0.25, -0.2) is 4.79 Å². The molecule has 3 saturated heterocycles. The number of nitrogens with zero attached hydrogens (tertiary/aromatic N) is 3. The molecule has 4 aliphatic heterocycles. The molecular weight excluding hydrogens is 338 g/mol. The van der Waals surface area contributed by atoms with E-state index in [1.807, 2.05) is 17.0 Å². The fraction of sp³-hybridized carbons (Fsp3) is 0.455. The molecule has 2 aromatic rings. The molecule has 5 heterocycles. The lowest BCUT2D eigenvalue weighted by Gasteiger charge is -2.45. The molecule has 0 N–H and O–H groups in total. The Hall–Kier alpha value is -2.40. The van der Waals surface area contributed by atoms with Crippen molar-refractivity contribution < 1.29 is 9.53 Å². The number of carbonyl (C=O) groups is 1.